The second-order valence-electron chi connectivity index (χ2n) is 8.79. The lowest BCUT2D eigenvalue weighted by Gasteiger charge is -2.25. The molecule has 5 heteroatoms. The largest absolute Gasteiger partial charge is 0.465 e. The highest BCUT2D eigenvalue weighted by Crippen LogP contribution is 2.50. The molecule has 2 aromatic carbocycles. The van der Waals surface area contributed by atoms with Gasteiger partial charge in [0.1, 0.15) is 8.07 Å². The number of allylic oxidation sites excluding steroid dienone is 2. The van der Waals surface area contributed by atoms with E-state index in [9.17, 15) is 9.59 Å². The molecule has 0 atom stereocenters. The molecule has 0 heterocycles. The number of carbonyl (C=O) groups excluding carboxylic acids is 2. The predicted molar refractivity (Wildman–Crippen MR) is 130 cm³/mol. The van der Waals surface area contributed by atoms with Crippen LogP contribution in [-0.2, 0) is 24.5 Å². The molecular formula is C27H30O4Si. The molecule has 1 aliphatic carbocycles. The normalized spacial score (nSPS) is 15.8. The maximum absolute atomic E-state index is 13.3. The van der Waals surface area contributed by atoms with Gasteiger partial charge in [0.15, 0.2) is 5.41 Å². The number of benzene rings is 2. The smallest absolute Gasteiger partial charge is 0.328 e. The summed E-state index contributed by atoms with van der Waals surface area (Å²) in [6.07, 6.45) is 0.161. The Kier molecular flexibility index (Phi) is 7.05. The fraction of sp³-hybridized carbons (Fsp3) is 0.333. The molecular weight excluding hydrogens is 416 g/mol. The Labute approximate surface area is 191 Å². The Hall–Kier alpha value is -3.10. The topological polar surface area (TPSA) is 52.6 Å². The summed E-state index contributed by atoms with van der Waals surface area (Å²) in [5, 5.41) is 0. The number of hydrogen-bond acceptors (Lipinski definition) is 4. The lowest BCUT2D eigenvalue weighted by Crippen LogP contribution is -2.44. The molecule has 0 unspecified atom stereocenters. The second kappa shape index (κ2) is 9.58. The molecule has 0 amide bonds. The molecule has 32 heavy (non-hydrogen) atoms. The molecule has 3 rings (SSSR count). The zero-order valence-corrected chi connectivity index (χ0v) is 20.5. The van der Waals surface area contributed by atoms with Gasteiger partial charge in [0.2, 0.25) is 0 Å². The molecule has 166 valence electrons. The van der Waals surface area contributed by atoms with Crippen molar-refractivity contribution in [2.24, 2.45) is 0 Å². The minimum atomic E-state index is -1.68. The SMILES string of the molecule is CCOC(=O)C1(C(=O)OCC)C/C(=C(/C#C[Si](C)(C)C)c2ccccc2)c2ccccc21. The Morgan fingerprint density at radius 1 is 0.906 bits per heavy atom. The van der Waals surface area contributed by atoms with Gasteiger partial charge in [-0.3, -0.25) is 9.59 Å². The van der Waals surface area contributed by atoms with E-state index in [1.54, 1.807) is 13.8 Å². The van der Waals surface area contributed by atoms with Crippen LogP contribution < -0.4 is 0 Å². The molecule has 0 N–H and O–H groups in total. The number of rotatable bonds is 5. The Morgan fingerprint density at radius 2 is 1.47 bits per heavy atom. The first kappa shape index (κ1) is 23.6. The molecule has 0 aromatic heterocycles. The van der Waals surface area contributed by atoms with Gasteiger partial charge in [-0.25, -0.2) is 0 Å². The molecule has 0 radical (unpaired) electrons. The van der Waals surface area contributed by atoms with Crippen molar-refractivity contribution in [3.63, 3.8) is 0 Å². The summed E-state index contributed by atoms with van der Waals surface area (Å²) in [7, 11) is -1.68. The van der Waals surface area contributed by atoms with Crippen LogP contribution in [0, 0.1) is 11.5 Å². The van der Waals surface area contributed by atoms with Gasteiger partial charge >= 0.3 is 11.9 Å². The van der Waals surface area contributed by atoms with Crippen molar-refractivity contribution in [1.29, 1.82) is 0 Å². The van der Waals surface area contributed by atoms with E-state index in [1.807, 2.05) is 54.6 Å². The number of esters is 2. The average molecular weight is 447 g/mol. The van der Waals surface area contributed by atoms with Crippen molar-refractivity contribution in [3.8, 4) is 11.5 Å². The average Bonchev–Trinajstić information content (AvgIpc) is 3.11. The molecule has 1 aliphatic rings. The van der Waals surface area contributed by atoms with Crippen molar-refractivity contribution < 1.29 is 19.1 Å². The van der Waals surface area contributed by atoms with Gasteiger partial charge in [0.25, 0.3) is 0 Å². The summed E-state index contributed by atoms with van der Waals surface area (Å²) in [6.45, 7) is 10.4. The maximum atomic E-state index is 13.3. The van der Waals surface area contributed by atoms with Crippen molar-refractivity contribution in [1.82, 2.24) is 0 Å². The fourth-order valence-corrected chi connectivity index (χ4v) is 4.43. The monoisotopic (exact) mass is 446 g/mol. The summed E-state index contributed by atoms with van der Waals surface area (Å²) in [6, 6.07) is 17.5. The predicted octanol–water partition coefficient (Wildman–Crippen LogP) is 5.25. The first-order valence-corrected chi connectivity index (χ1v) is 14.5. The zero-order chi connectivity index (χ0) is 23.4. The van der Waals surface area contributed by atoms with E-state index in [2.05, 4.69) is 31.1 Å². The summed E-state index contributed by atoms with van der Waals surface area (Å²) in [5.74, 6) is 2.27. The van der Waals surface area contributed by atoms with Crippen molar-refractivity contribution in [2.45, 2.75) is 45.3 Å². The minimum Gasteiger partial charge on any atom is -0.465 e. The van der Waals surface area contributed by atoms with Crippen LogP contribution in [0.5, 0.6) is 0 Å². The molecule has 0 aliphatic heterocycles. The standard InChI is InChI=1S/C27H30O4Si/c1-6-30-25(28)27(26(29)31-7-2)19-23(22-15-11-12-16-24(22)27)21(17-18-32(3,4)5)20-13-9-8-10-14-20/h8-16H,6-7,19H2,1-5H3/b23-21+. The van der Waals surface area contributed by atoms with Gasteiger partial charge in [-0.05, 0) is 36.1 Å². The van der Waals surface area contributed by atoms with Crippen LogP contribution in [-0.4, -0.2) is 33.2 Å². The van der Waals surface area contributed by atoms with Crippen LogP contribution in [0.15, 0.2) is 54.6 Å². The van der Waals surface area contributed by atoms with Crippen LogP contribution in [0.2, 0.25) is 19.6 Å². The summed E-state index contributed by atoms with van der Waals surface area (Å²) in [5.41, 5.74) is 6.08. The number of carbonyl (C=O) groups is 2. The summed E-state index contributed by atoms with van der Waals surface area (Å²) in [4.78, 5) is 26.6. The number of fused-ring (bicyclic) bond motifs is 1. The van der Waals surface area contributed by atoms with Gasteiger partial charge in [-0.1, -0.05) is 80.2 Å². The Balaban J connectivity index is 2.34. The number of ether oxygens (including phenoxy) is 2. The van der Waals surface area contributed by atoms with Crippen LogP contribution in [0.25, 0.3) is 11.1 Å². The van der Waals surface area contributed by atoms with Gasteiger partial charge in [-0.2, -0.15) is 0 Å². The van der Waals surface area contributed by atoms with E-state index >= 15 is 0 Å². The third-order valence-corrected chi connectivity index (χ3v) is 6.20. The highest BCUT2D eigenvalue weighted by molar-refractivity contribution is 6.84. The second-order valence-corrected chi connectivity index (χ2v) is 13.5. The van der Waals surface area contributed by atoms with Gasteiger partial charge in [-0.15, -0.1) is 5.54 Å². The third-order valence-electron chi connectivity index (χ3n) is 5.33. The van der Waals surface area contributed by atoms with Gasteiger partial charge in [0.05, 0.1) is 13.2 Å². The number of hydrogen-bond donors (Lipinski definition) is 0. The van der Waals surface area contributed by atoms with Crippen LogP contribution in [0.4, 0.5) is 0 Å². The third kappa shape index (κ3) is 4.56. The summed E-state index contributed by atoms with van der Waals surface area (Å²) < 4.78 is 10.8. The lowest BCUT2D eigenvalue weighted by molar-refractivity contribution is -0.164. The van der Waals surface area contributed by atoms with Crippen LogP contribution in [0.1, 0.15) is 37.0 Å². The van der Waals surface area contributed by atoms with Crippen molar-refractivity contribution in [2.75, 3.05) is 13.2 Å². The molecule has 4 nitrogen and oxygen atoms in total. The van der Waals surface area contributed by atoms with Gasteiger partial charge < -0.3 is 9.47 Å². The fourth-order valence-electron chi connectivity index (χ4n) is 3.93. The van der Waals surface area contributed by atoms with E-state index in [4.69, 9.17) is 9.47 Å². The first-order valence-electron chi connectivity index (χ1n) is 11.0. The van der Waals surface area contributed by atoms with Crippen LogP contribution >= 0.6 is 0 Å². The van der Waals surface area contributed by atoms with Gasteiger partial charge in [0, 0.05) is 12.0 Å². The van der Waals surface area contributed by atoms with E-state index in [-0.39, 0.29) is 19.6 Å². The van der Waals surface area contributed by atoms with E-state index in [0.717, 1.165) is 22.3 Å². The molecule has 2 aromatic rings. The van der Waals surface area contributed by atoms with Crippen molar-refractivity contribution >= 4 is 31.2 Å². The summed E-state index contributed by atoms with van der Waals surface area (Å²) >= 11 is 0. The van der Waals surface area contributed by atoms with E-state index in [1.165, 1.54) is 0 Å². The minimum absolute atomic E-state index is 0.161. The first-order chi connectivity index (χ1) is 15.2. The maximum Gasteiger partial charge on any atom is 0.328 e. The quantitative estimate of drug-likeness (QED) is 0.273. The molecule has 0 saturated carbocycles. The Morgan fingerprint density at radius 3 is 2.03 bits per heavy atom. The highest BCUT2D eigenvalue weighted by atomic mass is 28.3. The zero-order valence-electron chi connectivity index (χ0n) is 19.5. The lowest BCUT2D eigenvalue weighted by atomic mass is 9.81. The molecule has 0 bridgehead atoms. The van der Waals surface area contributed by atoms with Crippen LogP contribution in [0.3, 0.4) is 0 Å². The van der Waals surface area contributed by atoms with E-state index < -0.39 is 25.4 Å². The molecule has 0 spiro atoms. The molecule has 0 saturated heterocycles. The Bertz CT molecular complexity index is 1080. The molecule has 0 fully saturated rings. The van der Waals surface area contributed by atoms with Crippen molar-refractivity contribution in [3.05, 3.63) is 71.3 Å². The highest BCUT2D eigenvalue weighted by Gasteiger charge is 2.56. The van der Waals surface area contributed by atoms with E-state index in [0.29, 0.717) is 5.56 Å².